The van der Waals surface area contributed by atoms with Gasteiger partial charge in [-0.05, 0) is 66.9 Å². The highest BCUT2D eigenvalue weighted by atomic mass is 35.5. The van der Waals surface area contributed by atoms with E-state index in [0.717, 1.165) is 11.1 Å². The van der Waals surface area contributed by atoms with Gasteiger partial charge in [0.05, 0.1) is 39.8 Å². The van der Waals surface area contributed by atoms with Gasteiger partial charge in [-0.3, -0.25) is 9.59 Å². The number of halogens is 2. The second kappa shape index (κ2) is 7.29. The van der Waals surface area contributed by atoms with Crippen LogP contribution in [0.2, 0.25) is 10.0 Å². The minimum atomic E-state index is -0.676. The Kier molecular flexibility index (Phi) is 4.68. The molecular formula is C24H17Cl2NO4. The molecule has 5 nitrogen and oxygen atoms in total. The van der Waals surface area contributed by atoms with Crippen LogP contribution in [0.1, 0.15) is 44.6 Å². The predicted octanol–water partition coefficient (Wildman–Crippen LogP) is 6.06. The van der Waals surface area contributed by atoms with Crippen LogP contribution in [-0.4, -0.2) is 10.8 Å². The Bertz CT molecular complexity index is 1410. The van der Waals surface area contributed by atoms with Crippen molar-refractivity contribution < 1.29 is 13.6 Å². The van der Waals surface area contributed by atoms with Crippen LogP contribution in [0.5, 0.6) is 0 Å². The Balaban J connectivity index is 1.77. The first-order valence-corrected chi connectivity index (χ1v) is 10.5. The van der Waals surface area contributed by atoms with Crippen molar-refractivity contribution in [3.8, 4) is 0 Å². The van der Waals surface area contributed by atoms with Crippen LogP contribution in [0.3, 0.4) is 0 Å². The van der Waals surface area contributed by atoms with E-state index in [0.29, 0.717) is 37.9 Å². The first kappa shape index (κ1) is 19.9. The predicted molar refractivity (Wildman–Crippen MR) is 119 cm³/mol. The maximum Gasteiger partial charge on any atom is 0.291 e. The van der Waals surface area contributed by atoms with Crippen molar-refractivity contribution >= 4 is 40.1 Å². The number of carbonyl (C=O) groups excluding carboxylic acids is 1. The fourth-order valence-corrected chi connectivity index (χ4v) is 4.34. The average Bonchev–Trinajstić information content (AvgIpc) is 3.34. The number of rotatable bonds is 3. The lowest BCUT2D eigenvalue weighted by atomic mass is 9.97. The summed E-state index contributed by atoms with van der Waals surface area (Å²) >= 11 is 12.4. The number of nitrogens with zero attached hydrogens (tertiary/aromatic N) is 1. The number of furan rings is 1. The standard InChI is InChI=1S/C24H17Cl2NO4/c1-12-8-16-19(9-13(12)2)31-23-20(22(16)28)21(14-5-6-17(25)18(26)10-14)27(24(23)29)11-15-4-3-7-30-15/h3-10,21H,11H2,1-2H3/t21-/m0/s1. The van der Waals surface area contributed by atoms with Crippen LogP contribution in [0.25, 0.3) is 11.0 Å². The lowest BCUT2D eigenvalue weighted by molar-refractivity contribution is 0.0701. The number of benzene rings is 2. The second-order valence-corrected chi connectivity index (χ2v) is 8.51. The number of hydrogen-bond acceptors (Lipinski definition) is 4. The zero-order valence-corrected chi connectivity index (χ0v) is 18.3. The number of fused-ring (bicyclic) bond motifs is 2. The summed E-state index contributed by atoms with van der Waals surface area (Å²) in [6.07, 6.45) is 1.54. The number of carbonyl (C=O) groups is 1. The summed E-state index contributed by atoms with van der Waals surface area (Å²) in [6.45, 7) is 4.05. The Hall–Kier alpha value is -3.02. The van der Waals surface area contributed by atoms with Gasteiger partial charge in [0.2, 0.25) is 5.76 Å². The fourth-order valence-electron chi connectivity index (χ4n) is 4.04. The van der Waals surface area contributed by atoms with Crippen LogP contribution in [0.4, 0.5) is 0 Å². The zero-order chi connectivity index (χ0) is 21.9. The van der Waals surface area contributed by atoms with Gasteiger partial charge in [0.15, 0.2) is 5.43 Å². The lowest BCUT2D eigenvalue weighted by Crippen LogP contribution is -2.29. The van der Waals surface area contributed by atoms with Crippen LogP contribution in [0.15, 0.2) is 62.4 Å². The normalized spacial score (nSPS) is 15.7. The summed E-state index contributed by atoms with van der Waals surface area (Å²) in [5.74, 6) is 0.262. The molecule has 3 heterocycles. The fraction of sp³-hybridized carbons (Fsp3) is 0.167. The first-order chi connectivity index (χ1) is 14.8. The molecule has 0 spiro atoms. The van der Waals surface area contributed by atoms with Gasteiger partial charge in [-0.2, -0.15) is 0 Å². The van der Waals surface area contributed by atoms with E-state index in [1.165, 1.54) is 0 Å². The molecule has 0 aliphatic carbocycles. The quantitative estimate of drug-likeness (QED) is 0.378. The topological polar surface area (TPSA) is 63.7 Å². The van der Waals surface area contributed by atoms with E-state index < -0.39 is 6.04 Å². The molecule has 0 N–H and O–H groups in total. The first-order valence-electron chi connectivity index (χ1n) is 9.71. The van der Waals surface area contributed by atoms with Gasteiger partial charge in [0, 0.05) is 0 Å². The Morgan fingerprint density at radius 2 is 1.77 bits per heavy atom. The van der Waals surface area contributed by atoms with Gasteiger partial charge in [-0.1, -0.05) is 29.3 Å². The molecule has 0 saturated heterocycles. The number of hydrogen-bond donors (Lipinski definition) is 0. The Labute approximate surface area is 187 Å². The molecule has 2 aromatic heterocycles. The SMILES string of the molecule is Cc1cc2oc3c(c(=O)c2cc1C)[C@H](c1ccc(Cl)c(Cl)c1)N(Cc1ccco1)C3=O. The minimum Gasteiger partial charge on any atom is -0.467 e. The third-order valence-electron chi connectivity index (χ3n) is 5.75. The molecule has 0 fully saturated rings. The molecule has 0 unspecified atom stereocenters. The summed E-state index contributed by atoms with van der Waals surface area (Å²) in [5.41, 5.74) is 3.09. The third kappa shape index (κ3) is 3.16. The minimum absolute atomic E-state index is 0.0448. The van der Waals surface area contributed by atoms with E-state index in [1.807, 2.05) is 19.9 Å². The molecule has 5 rings (SSSR count). The van der Waals surface area contributed by atoms with E-state index in [2.05, 4.69) is 0 Å². The zero-order valence-electron chi connectivity index (χ0n) is 16.7. The van der Waals surface area contributed by atoms with Crippen molar-refractivity contribution in [2.24, 2.45) is 0 Å². The van der Waals surface area contributed by atoms with Gasteiger partial charge in [-0.25, -0.2) is 0 Å². The van der Waals surface area contributed by atoms with Crippen molar-refractivity contribution in [3.63, 3.8) is 0 Å². The molecule has 0 radical (unpaired) electrons. The summed E-state index contributed by atoms with van der Waals surface area (Å²) in [6, 6.07) is 11.6. The highest BCUT2D eigenvalue weighted by molar-refractivity contribution is 6.42. The molecule has 1 atom stereocenters. The van der Waals surface area contributed by atoms with Gasteiger partial charge < -0.3 is 13.7 Å². The largest absolute Gasteiger partial charge is 0.467 e. The third-order valence-corrected chi connectivity index (χ3v) is 6.49. The van der Waals surface area contributed by atoms with Gasteiger partial charge in [0.1, 0.15) is 11.3 Å². The van der Waals surface area contributed by atoms with E-state index in [9.17, 15) is 9.59 Å². The Morgan fingerprint density at radius 3 is 2.48 bits per heavy atom. The smallest absolute Gasteiger partial charge is 0.291 e. The van der Waals surface area contributed by atoms with Gasteiger partial charge in [-0.15, -0.1) is 0 Å². The lowest BCUT2D eigenvalue weighted by Gasteiger charge is -2.24. The molecule has 4 aromatic rings. The molecule has 1 aliphatic rings. The van der Waals surface area contributed by atoms with Crippen molar-refractivity contribution in [1.29, 1.82) is 0 Å². The molecule has 0 bridgehead atoms. The summed E-state index contributed by atoms with van der Waals surface area (Å²) < 4.78 is 11.5. The number of amides is 1. The van der Waals surface area contributed by atoms with Crippen molar-refractivity contribution in [3.05, 3.63) is 103 Å². The maximum absolute atomic E-state index is 13.6. The average molecular weight is 454 g/mol. The Morgan fingerprint density at radius 1 is 1.00 bits per heavy atom. The van der Waals surface area contributed by atoms with Crippen LogP contribution >= 0.6 is 23.2 Å². The molecule has 2 aromatic carbocycles. The van der Waals surface area contributed by atoms with E-state index in [-0.39, 0.29) is 23.6 Å². The highest BCUT2D eigenvalue weighted by Crippen LogP contribution is 2.40. The van der Waals surface area contributed by atoms with Crippen molar-refractivity contribution in [2.75, 3.05) is 0 Å². The monoisotopic (exact) mass is 453 g/mol. The van der Waals surface area contributed by atoms with Crippen molar-refractivity contribution in [2.45, 2.75) is 26.4 Å². The van der Waals surface area contributed by atoms with Crippen LogP contribution < -0.4 is 5.43 Å². The van der Waals surface area contributed by atoms with E-state index in [1.54, 1.807) is 47.6 Å². The van der Waals surface area contributed by atoms with Gasteiger partial charge in [0.25, 0.3) is 5.91 Å². The maximum atomic E-state index is 13.6. The molecule has 31 heavy (non-hydrogen) atoms. The summed E-state index contributed by atoms with van der Waals surface area (Å²) in [7, 11) is 0. The van der Waals surface area contributed by atoms with Gasteiger partial charge >= 0.3 is 0 Å². The molecule has 156 valence electrons. The van der Waals surface area contributed by atoms with E-state index in [4.69, 9.17) is 32.0 Å². The summed E-state index contributed by atoms with van der Waals surface area (Å²) in [5, 5.41) is 1.18. The molecule has 1 amide bonds. The molecular weight excluding hydrogens is 437 g/mol. The van der Waals surface area contributed by atoms with Crippen LogP contribution in [0, 0.1) is 13.8 Å². The van der Waals surface area contributed by atoms with E-state index >= 15 is 0 Å². The van der Waals surface area contributed by atoms with Crippen molar-refractivity contribution in [1.82, 2.24) is 4.90 Å². The second-order valence-electron chi connectivity index (χ2n) is 7.70. The summed E-state index contributed by atoms with van der Waals surface area (Å²) in [4.78, 5) is 28.6. The highest BCUT2D eigenvalue weighted by Gasteiger charge is 2.43. The number of aryl methyl sites for hydroxylation is 2. The molecule has 1 aliphatic heterocycles. The molecule has 7 heteroatoms. The molecule has 0 saturated carbocycles. The van der Waals surface area contributed by atoms with Crippen LogP contribution in [-0.2, 0) is 6.54 Å².